The van der Waals surface area contributed by atoms with E-state index >= 15 is 0 Å². The number of unbranched alkanes of at least 4 members (excludes halogenated alkanes) is 3. The number of rotatable bonds is 16. The highest BCUT2D eigenvalue weighted by atomic mass is 16.7. The summed E-state index contributed by atoms with van der Waals surface area (Å²) >= 11 is 0. The van der Waals surface area contributed by atoms with E-state index in [1.165, 1.54) is 0 Å². The Morgan fingerprint density at radius 2 is 1.56 bits per heavy atom. The largest absolute Gasteiger partial charge is 0.397 e. The number of nitrogens with zero attached hydrogens (tertiary/aromatic N) is 1. The van der Waals surface area contributed by atoms with E-state index in [0.29, 0.717) is 30.6 Å². The van der Waals surface area contributed by atoms with Crippen molar-refractivity contribution in [3.8, 4) is 0 Å². The predicted octanol–water partition coefficient (Wildman–Crippen LogP) is 6.34. The fourth-order valence-electron chi connectivity index (χ4n) is 5.37. The van der Waals surface area contributed by atoms with Crippen molar-refractivity contribution >= 4 is 28.9 Å². The summed E-state index contributed by atoms with van der Waals surface area (Å²) in [5.74, 6) is -0.0946. The second kappa shape index (κ2) is 17.5. The number of anilines is 3. The van der Waals surface area contributed by atoms with Crippen molar-refractivity contribution in [3.63, 3.8) is 0 Å². The average molecular weight is 615 g/mol. The standard InChI is InChI=1S/C36H46N4O5/c1-3-22-40(2)24-30-23-33(27-16-14-26(25-41)15-17-27)45-36(44-30)28-18-20-29(21-19-28)38-34(42)12-6-4-5-7-13-35(43)39-32-11-9-8-10-31(32)37/h3,8-11,14-21,30,33,36,41H,1,4-7,12-13,22-25,37H2,2H3,(H,38,42)(H,39,43)/t30-,33+,36+/m0/s1. The van der Waals surface area contributed by atoms with E-state index in [1.54, 1.807) is 12.1 Å². The van der Waals surface area contributed by atoms with Crippen LogP contribution in [0.15, 0.2) is 85.5 Å². The highest BCUT2D eigenvalue weighted by Crippen LogP contribution is 2.38. The van der Waals surface area contributed by atoms with Crippen LogP contribution in [0.1, 0.15) is 74.0 Å². The van der Waals surface area contributed by atoms with Crippen LogP contribution in [0.5, 0.6) is 0 Å². The van der Waals surface area contributed by atoms with Gasteiger partial charge >= 0.3 is 0 Å². The third-order valence-electron chi connectivity index (χ3n) is 7.83. The molecule has 1 saturated heterocycles. The van der Waals surface area contributed by atoms with Crippen LogP contribution < -0.4 is 16.4 Å². The van der Waals surface area contributed by atoms with Crippen molar-refractivity contribution < 1.29 is 24.2 Å². The van der Waals surface area contributed by atoms with E-state index in [-0.39, 0.29) is 30.6 Å². The summed E-state index contributed by atoms with van der Waals surface area (Å²) in [5, 5.41) is 15.2. The Hall–Kier alpha value is -4.02. The third-order valence-corrected chi connectivity index (χ3v) is 7.83. The molecule has 0 saturated carbocycles. The first-order valence-electron chi connectivity index (χ1n) is 15.7. The average Bonchev–Trinajstić information content (AvgIpc) is 3.04. The first-order valence-corrected chi connectivity index (χ1v) is 15.7. The number of nitrogens with one attached hydrogen (secondary N) is 2. The van der Waals surface area contributed by atoms with E-state index < -0.39 is 6.29 Å². The normalized spacial score (nSPS) is 18.0. The van der Waals surface area contributed by atoms with Gasteiger partial charge in [-0.2, -0.15) is 0 Å². The van der Waals surface area contributed by atoms with E-state index in [1.807, 2.05) is 73.8 Å². The number of amides is 2. The molecule has 240 valence electrons. The molecule has 0 spiro atoms. The minimum Gasteiger partial charge on any atom is -0.397 e. The van der Waals surface area contributed by atoms with Crippen molar-refractivity contribution in [2.45, 2.75) is 70.1 Å². The van der Waals surface area contributed by atoms with Crippen LogP contribution in [0.2, 0.25) is 0 Å². The Morgan fingerprint density at radius 1 is 0.911 bits per heavy atom. The first-order chi connectivity index (χ1) is 21.8. The molecule has 2 amide bonds. The molecule has 0 radical (unpaired) electrons. The molecular weight excluding hydrogens is 568 g/mol. The van der Waals surface area contributed by atoms with Crippen molar-refractivity contribution in [2.24, 2.45) is 0 Å². The van der Waals surface area contributed by atoms with Crippen LogP contribution in [0.3, 0.4) is 0 Å². The number of para-hydroxylation sites is 2. The lowest BCUT2D eigenvalue weighted by Crippen LogP contribution is -2.37. The lowest BCUT2D eigenvalue weighted by atomic mass is 9.99. The zero-order valence-corrected chi connectivity index (χ0v) is 26.1. The molecule has 9 nitrogen and oxygen atoms in total. The van der Waals surface area contributed by atoms with Gasteiger partial charge in [0, 0.05) is 43.6 Å². The minimum absolute atomic E-state index is 0.00159. The van der Waals surface area contributed by atoms with Gasteiger partial charge in [0.05, 0.1) is 30.2 Å². The molecule has 1 heterocycles. The van der Waals surface area contributed by atoms with E-state index in [0.717, 1.165) is 61.2 Å². The van der Waals surface area contributed by atoms with Gasteiger partial charge in [-0.15, -0.1) is 6.58 Å². The Kier molecular flexibility index (Phi) is 13.1. The molecule has 9 heteroatoms. The molecule has 4 rings (SSSR count). The molecule has 1 aliphatic rings. The van der Waals surface area contributed by atoms with Gasteiger partial charge in [0.15, 0.2) is 6.29 Å². The number of benzene rings is 3. The van der Waals surface area contributed by atoms with Gasteiger partial charge in [0.2, 0.25) is 11.8 Å². The number of carbonyl (C=O) groups excluding carboxylic acids is 2. The van der Waals surface area contributed by atoms with Gasteiger partial charge < -0.3 is 35.8 Å². The van der Waals surface area contributed by atoms with Crippen molar-refractivity contribution in [1.29, 1.82) is 0 Å². The highest BCUT2D eigenvalue weighted by molar-refractivity contribution is 5.93. The number of aliphatic hydroxyl groups is 1. The zero-order chi connectivity index (χ0) is 32.0. The Balaban J connectivity index is 1.23. The maximum absolute atomic E-state index is 12.6. The summed E-state index contributed by atoms with van der Waals surface area (Å²) in [4.78, 5) is 26.9. The van der Waals surface area contributed by atoms with Gasteiger partial charge in [0.1, 0.15) is 0 Å². The number of hydrogen-bond acceptors (Lipinski definition) is 7. The summed E-state index contributed by atoms with van der Waals surface area (Å²) < 4.78 is 12.8. The lowest BCUT2D eigenvalue weighted by Gasteiger charge is -2.37. The van der Waals surface area contributed by atoms with Crippen molar-refractivity contribution in [1.82, 2.24) is 4.90 Å². The van der Waals surface area contributed by atoms with Crippen molar-refractivity contribution in [2.75, 3.05) is 36.5 Å². The number of nitrogens with two attached hydrogens (primary N) is 1. The van der Waals surface area contributed by atoms with Gasteiger partial charge in [-0.3, -0.25) is 9.59 Å². The van der Waals surface area contributed by atoms with Crippen molar-refractivity contribution in [3.05, 3.63) is 102 Å². The van der Waals surface area contributed by atoms with Gasteiger partial charge in [-0.1, -0.05) is 67.4 Å². The van der Waals surface area contributed by atoms with E-state index in [4.69, 9.17) is 15.2 Å². The SMILES string of the molecule is C=CCN(C)C[C@@H]1C[C@H](c2ccc(CO)cc2)O[C@H](c2ccc(NC(=O)CCCCCCC(=O)Nc3ccccc3N)cc2)O1. The maximum atomic E-state index is 12.6. The molecule has 0 aromatic heterocycles. The van der Waals surface area contributed by atoms with Crippen LogP contribution in [0.25, 0.3) is 0 Å². The Bertz CT molecular complexity index is 1380. The molecule has 5 N–H and O–H groups in total. The maximum Gasteiger partial charge on any atom is 0.224 e. The third kappa shape index (κ3) is 10.8. The molecule has 0 unspecified atom stereocenters. The minimum atomic E-state index is -0.555. The number of nitrogen functional groups attached to an aromatic ring is 1. The highest BCUT2D eigenvalue weighted by Gasteiger charge is 2.32. The van der Waals surface area contributed by atoms with E-state index in [9.17, 15) is 14.7 Å². The fraction of sp³-hybridized carbons (Fsp3) is 0.389. The number of likely N-dealkylation sites (N-methyl/N-ethyl adjacent to an activating group) is 1. The number of aliphatic hydroxyl groups excluding tert-OH is 1. The molecule has 3 aromatic carbocycles. The van der Waals surface area contributed by atoms with Crippen LogP contribution in [-0.2, 0) is 25.7 Å². The molecule has 1 fully saturated rings. The molecular formula is C36H46N4O5. The Labute approximate surface area is 266 Å². The topological polar surface area (TPSA) is 126 Å². The van der Waals surface area contributed by atoms with E-state index in [2.05, 4.69) is 22.1 Å². The van der Waals surface area contributed by atoms with Gasteiger partial charge in [-0.05, 0) is 55.3 Å². The number of ether oxygens (including phenoxy) is 2. The molecule has 3 atom stereocenters. The fourth-order valence-corrected chi connectivity index (χ4v) is 5.37. The summed E-state index contributed by atoms with van der Waals surface area (Å²) in [6, 6.07) is 22.6. The monoisotopic (exact) mass is 614 g/mol. The first kappa shape index (κ1) is 33.9. The van der Waals surface area contributed by atoms with Crippen LogP contribution >= 0.6 is 0 Å². The van der Waals surface area contributed by atoms with Gasteiger partial charge in [0.25, 0.3) is 0 Å². The van der Waals surface area contributed by atoms with Gasteiger partial charge in [-0.25, -0.2) is 0 Å². The second-order valence-electron chi connectivity index (χ2n) is 11.6. The summed E-state index contributed by atoms with van der Waals surface area (Å²) in [7, 11) is 2.04. The molecule has 3 aromatic rings. The number of hydrogen-bond donors (Lipinski definition) is 4. The number of carbonyl (C=O) groups is 2. The molecule has 45 heavy (non-hydrogen) atoms. The van der Waals surface area contributed by atoms with Crippen LogP contribution in [-0.4, -0.2) is 48.1 Å². The molecule has 0 bridgehead atoms. The Morgan fingerprint density at radius 3 is 2.20 bits per heavy atom. The summed E-state index contributed by atoms with van der Waals surface area (Å²) in [6.45, 7) is 5.34. The van der Waals surface area contributed by atoms with Crippen LogP contribution in [0.4, 0.5) is 17.1 Å². The summed E-state index contributed by atoms with van der Waals surface area (Å²) in [5.41, 5.74) is 10.6. The smallest absolute Gasteiger partial charge is 0.224 e. The van der Waals surface area contributed by atoms with Crippen LogP contribution in [0, 0.1) is 0 Å². The summed E-state index contributed by atoms with van der Waals surface area (Å²) in [6.07, 6.45) is 5.92. The molecule has 1 aliphatic heterocycles. The quantitative estimate of drug-likeness (QED) is 0.0842. The second-order valence-corrected chi connectivity index (χ2v) is 11.6. The predicted molar refractivity (Wildman–Crippen MR) is 178 cm³/mol. The molecule has 0 aliphatic carbocycles. The zero-order valence-electron chi connectivity index (χ0n) is 26.1. The lowest BCUT2D eigenvalue weighted by molar-refractivity contribution is -0.252.